The topological polar surface area (TPSA) is 16.4 Å². The van der Waals surface area contributed by atoms with Gasteiger partial charge in [0, 0.05) is 37.2 Å². The zero-order chi connectivity index (χ0) is 18.6. The summed E-state index contributed by atoms with van der Waals surface area (Å²) in [5, 5.41) is 0. The lowest BCUT2D eigenvalue weighted by Gasteiger charge is -2.55. The van der Waals surface area contributed by atoms with Crippen molar-refractivity contribution in [3.63, 3.8) is 0 Å². The first-order chi connectivity index (χ1) is 13.9. The molecule has 2 bridgehead atoms. The molecule has 3 atom stereocenters. The van der Waals surface area contributed by atoms with E-state index < -0.39 is 0 Å². The number of morpholine rings is 1. The minimum atomic E-state index is -0.0224. The highest BCUT2D eigenvalue weighted by molar-refractivity contribution is 5.48. The summed E-state index contributed by atoms with van der Waals surface area (Å²) in [6, 6.07) is 27.4. The van der Waals surface area contributed by atoms with Crippen LogP contribution in [-0.4, -0.2) is 31.2 Å². The average Bonchev–Trinajstić information content (AvgIpc) is 2.80. The Morgan fingerprint density at radius 1 is 0.821 bits per heavy atom. The number of fused-ring (bicyclic) bond motifs is 1. The van der Waals surface area contributed by atoms with E-state index in [0.29, 0.717) is 12.0 Å². The first kappa shape index (κ1) is 16.5. The molecule has 3 aliphatic heterocycles. The van der Waals surface area contributed by atoms with Gasteiger partial charge < -0.3 is 4.74 Å². The molecule has 1 fully saturated rings. The van der Waals surface area contributed by atoms with Gasteiger partial charge in [-0.1, -0.05) is 60.7 Å². The van der Waals surface area contributed by atoms with Crippen LogP contribution in [0, 0.1) is 0 Å². The predicted molar refractivity (Wildman–Crippen MR) is 108 cm³/mol. The van der Waals surface area contributed by atoms with Crippen LogP contribution in [0.25, 0.3) is 0 Å². The highest BCUT2D eigenvalue weighted by Gasteiger charge is 2.60. The minimum absolute atomic E-state index is 0.0224. The number of nitrogens with zero attached hydrogens (tertiary/aromatic N) is 2. The molecule has 0 N–H and O–H groups in total. The molecule has 0 amide bonds. The number of ether oxygens (including phenoxy) is 1. The maximum Gasteiger partial charge on any atom is 0.191 e. The Bertz CT molecular complexity index is 964. The molecule has 0 saturated carbocycles. The van der Waals surface area contributed by atoms with Gasteiger partial charge in [-0.2, -0.15) is 4.57 Å². The second kappa shape index (κ2) is 6.26. The van der Waals surface area contributed by atoms with E-state index in [-0.39, 0.29) is 5.54 Å². The summed E-state index contributed by atoms with van der Waals surface area (Å²) in [5.74, 6) is 0.329. The van der Waals surface area contributed by atoms with Crippen LogP contribution in [0.3, 0.4) is 0 Å². The third-order valence-corrected chi connectivity index (χ3v) is 7.05. The number of hydrogen-bond acceptors (Lipinski definition) is 2. The molecule has 3 nitrogen and oxygen atoms in total. The summed E-state index contributed by atoms with van der Waals surface area (Å²) in [5.41, 5.74) is 5.85. The fourth-order valence-electron chi connectivity index (χ4n) is 5.97. The molecule has 0 unspecified atom stereocenters. The summed E-state index contributed by atoms with van der Waals surface area (Å²) in [4.78, 5) is 2.72. The van der Waals surface area contributed by atoms with Crippen LogP contribution in [-0.2, 0) is 10.3 Å². The first-order valence-electron chi connectivity index (χ1n) is 10.4. The molecule has 0 radical (unpaired) electrons. The Balaban J connectivity index is 1.65. The van der Waals surface area contributed by atoms with Crippen LogP contribution in [0.1, 0.15) is 40.8 Å². The summed E-state index contributed by atoms with van der Waals surface area (Å²) in [6.07, 6.45) is 3.39. The van der Waals surface area contributed by atoms with Gasteiger partial charge in [-0.3, -0.25) is 4.90 Å². The predicted octanol–water partition coefficient (Wildman–Crippen LogP) is 3.64. The molecule has 1 saturated heterocycles. The maximum atomic E-state index is 5.74. The lowest BCUT2D eigenvalue weighted by atomic mass is 9.59. The van der Waals surface area contributed by atoms with Gasteiger partial charge in [0.2, 0.25) is 0 Å². The lowest BCUT2D eigenvalue weighted by Crippen LogP contribution is -2.66. The molecule has 0 spiro atoms. The molecule has 140 valence electrons. The molecule has 1 aliphatic carbocycles. The van der Waals surface area contributed by atoms with Crippen LogP contribution in [0.2, 0.25) is 0 Å². The van der Waals surface area contributed by atoms with E-state index in [9.17, 15) is 0 Å². The van der Waals surface area contributed by atoms with Crippen molar-refractivity contribution in [1.29, 1.82) is 0 Å². The van der Waals surface area contributed by atoms with Crippen molar-refractivity contribution in [2.75, 3.05) is 26.3 Å². The second-order valence-corrected chi connectivity index (χ2v) is 8.20. The van der Waals surface area contributed by atoms with Gasteiger partial charge in [0.1, 0.15) is 0 Å². The quantitative estimate of drug-likeness (QED) is 0.641. The minimum Gasteiger partial charge on any atom is -0.379 e. The zero-order valence-corrected chi connectivity index (χ0v) is 16.0. The van der Waals surface area contributed by atoms with Crippen molar-refractivity contribution < 1.29 is 9.30 Å². The van der Waals surface area contributed by atoms with E-state index in [1.54, 1.807) is 0 Å². The van der Waals surface area contributed by atoms with Crippen molar-refractivity contribution >= 4 is 0 Å². The molecule has 4 heterocycles. The first-order valence-corrected chi connectivity index (χ1v) is 10.4. The van der Waals surface area contributed by atoms with Crippen LogP contribution in [0.15, 0.2) is 79.0 Å². The average molecular weight is 369 g/mol. The molecule has 3 heteroatoms. The van der Waals surface area contributed by atoms with Gasteiger partial charge in [0.05, 0.1) is 24.7 Å². The Kier molecular flexibility index (Phi) is 3.68. The second-order valence-electron chi connectivity index (χ2n) is 8.20. The van der Waals surface area contributed by atoms with Gasteiger partial charge >= 0.3 is 0 Å². The molecule has 4 aliphatic rings. The van der Waals surface area contributed by atoms with Gasteiger partial charge in [0.25, 0.3) is 0 Å². The van der Waals surface area contributed by atoms with E-state index in [1.165, 1.54) is 22.4 Å². The van der Waals surface area contributed by atoms with E-state index in [4.69, 9.17) is 4.74 Å². The largest absolute Gasteiger partial charge is 0.379 e. The van der Waals surface area contributed by atoms with Gasteiger partial charge in [-0.15, -0.1) is 0 Å². The van der Waals surface area contributed by atoms with Crippen molar-refractivity contribution in [1.82, 2.24) is 4.90 Å². The highest BCUT2D eigenvalue weighted by Crippen LogP contribution is 2.57. The van der Waals surface area contributed by atoms with Crippen molar-refractivity contribution in [2.24, 2.45) is 0 Å². The summed E-state index contributed by atoms with van der Waals surface area (Å²) in [6.45, 7) is 3.63. The van der Waals surface area contributed by atoms with Crippen molar-refractivity contribution in [2.45, 2.75) is 23.9 Å². The van der Waals surface area contributed by atoms with E-state index in [2.05, 4.69) is 88.5 Å². The fraction of sp³-hybridized carbons (Fsp3) is 0.320. The third kappa shape index (κ3) is 2.15. The summed E-state index contributed by atoms with van der Waals surface area (Å²) >= 11 is 0. The van der Waals surface area contributed by atoms with Gasteiger partial charge in [-0.05, 0) is 11.1 Å². The van der Waals surface area contributed by atoms with Crippen molar-refractivity contribution in [3.8, 4) is 0 Å². The molecule has 7 rings (SSSR count). The Labute approximate surface area is 166 Å². The summed E-state index contributed by atoms with van der Waals surface area (Å²) in [7, 11) is 0. The molecule has 3 aromatic rings. The van der Waals surface area contributed by atoms with Gasteiger partial charge in [0.15, 0.2) is 17.9 Å². The molecular formula is C25H25N2O+. The normalized spacial score (nSPS) is 28.6. The number of aromatic nitrogens is 1. The fourth-order valence-corrected chi connectivity index (χ4v) is 5.97. The number of pyridine rings is 1. The monoisotopic (exact) mass is 369 g/mol. The molecule has 1 aromatic heterocycles. The van der Waals surface area contributed by atoms with Crippen LogP contribution >= 0.6 is 0 Å². The highest BCUT2D eigenvalue weighted by atomic mass is 16.5. The van der Waals surface area contributed by atoms with E-state index in [1.807, 2.05) is 0 Å². The Morgan fingerprint density at radius 2 is 1.54 bits per heavy atom. The standard InChI is InChI=1S/C25H25N2O/c1-2-8-19(9-3-1)25(26-14-16-28-17-15-26)18-23-20-10-4-5-11-21(20)24(25)22-12-6-7-13-27(22)23/h1-13,23-24H,14-18H2/q+1/t23-,24-,25+/m1/s1. The van der Waals surface area contributed by atoms with Gasteiger partial charge in [-0.25, -0.2) is 0 Å². The number of rotatable bonds is 2. The molecule has 2 aromatic carbocycles. The lowest BCUT2D eigenvalue weighted by molar-refractivity contribution is -0.734. The summed E-state index contributed by atoms with van der Waals surface area (Å²) < 4.78 is 8.27. The zero-order valence-electron chi connectivity index (χ0n) is 16.0. The van der Waals surface area contributed by atoms with E-state index >= 15 is 0 Å². The molecule has 28 heavy (non-hydrogen) atoms. The SMILES string of the molecule is c1ccc([C@@]2(N3CCOCC3)C[C@@H]3c4ccccc4[C@@H]2c2cccc[n+]23)cc1. The third-order valence-electron chi connectivity index (χ3n) is 7.05. The van der Waals surface area contributed by atoms with E-state index in [0.717, 1.165) is 32.7 Å². The van der Waals surface area contributed by atoms with Crippen LogP contribution < -0.4 is 4.57 Å². The Hall–Kier alpha value is -2.49. The van der Waals surface area contributed by atoms with Crippen LogP contribution in [0.5, 0.6) is 0 Å². The van der Waals surface area contributed by atoms with Crippen molar-refractivity contribution in [3.05, 3.63) is 101 Å². The maximum absolute atomic E-state index is 5.74. The van der Waals surface area contributed by atoms with Crippen LogP contribution in [0.4, 0.5) is 0 Å². The Morgan fingerprint density at radius 3 is 2.36 bits per heavy atom. The number of benzene rings is 2. The number of hydrogen-bond donors (Lipinski definition) is 0. The smallest absolute Gasteiger partial charge is 0.191 e. The molecular weight excluding hydrogens is 344 g/mol.